The van der Waals surface area contributed by atoms with Crippen LogP contribution >= 0.6 is 0 Å². The Morgan fingerprint density at radius 2 is 1.48 bits per heavy atom. The molecule has 0 bridgehead atoms. The Kier molecular flexibility index (Phi) is 10.6. The lowest BCUT2D eigenvalue weighted by molar-refractivity contribution is -0.144. The fourth-order valence-electron chi connectivity index (χ4n) is 2.17. The molecule has 1 rings (SSSR count). The number of carbonyl (C=O) groups excluding carboxylic acids is 2. The number of carbonyl (C=O) groups is 2. The van der Waals surface area contributed by atoms with Crippen LogP contribution in [0.1, 0.15) is 64.7 Å². The van der Waals surface area contributed by atoms with Gasteiger partial charge in [0.25, 0.3) is 0 Å². The zero-order chi connectivity index (χ0) is 16.8. The molecule has 0 spiro atoms. The van der Waals surface area contributed by atoms with Crippen molar-refractivity contribution in [3.8, 4) is 5.75 Å². The molecular weight excluding hydrogens is 292 g/mol. The van der Waals surface area contributed by atoms with Crippen molar-refractivity contribution in [2.24, 2.45) is 0 Å². The van der Waals surface area contributed by atoms with Gasteiger partial charge in [0.05, 0.1) is 6.61 Å². The van der Waals surface area contributed by atoms with Gasteiger partial charge in [0, 0.05) is 12.8 Å². The van der Waals surface area contributed by atoms with Crippen molar-refractivity contribution in [2.75, 3.05) is 6.61 Å². The summed E-state index contributed by atoms with van der Waals surface area (Å²) in [5, 5.41) is 0. The molecule has 0 aliphatic heterocycles. The predicted octanol–water partition coefficient (Wildman–Crippen LogP) is 4.67. The first-order valence-corrected chi connectivity index (χ1v) is 8.63. The van der Waals surface area contributed by atoms with Gasteiger partial charge in [-0.25, -0.2) is 0 Å². The van der Waals surface area contributed by atoms with Crippen LogP contribution in [0.2, 0.25) is 0 Å². The predicted molar refractivity (Wildman–Crippen MR) is 90.3 cm³/mol. The zero-order valence-corrected chi connectivity index (χ0v) is 14.1. The van der Waals surface area contributed by atoms with Crippen LogP contribution in [0.5, 0.6) is 5.75 Å². The maximum Gasteiger partial charge on any atom is 0.311 e. The first kappa shape index (κ1) is 19.2. The van der Waals surface area contributed by atoms with Gasteiger partial charge in [-0.3, -0.25) is 9.59 Å². The van der Waals surface area contributed by atoms with E-state index in [4.69, 9.17) is 9.47 Å². The molecule has 23 heavy (non-hydrogen) atoms. The summed E-state index contributed by atoms with van der Waals surface area (Å²) < 4.78 is 10.3. The number of hydrogen-bond acceptors (Lipinski definition) is 4. The summed E-state index contributed by atoms with van der Waals surface area (Å²) in [5.41, 5.74) is 0. The highest BCUT2D eigenvalue weighted by atomic mass is 16.5. The third-order valence-electron chi connectivity index (χ3n) is 3.50. The quantitative estimate of drug-likeness (QED) is 0.319. The summed E-state index contributed by atoms with van der Waals surface area (Å²) in [5.74, 6) is 0.123. The Balaban J connectivity index is 1.97. The second kappa shape index (κ2) is 12.7. The molecule has 1 aromatic rings. The van der Waals surface area contributed by atoms with E-state index in [1.54, 1.807) is 12.1 Å². The SMILES string of the molecule is CCCCCCCOC(=O)CCCCC(=O)Oc1ccccc1. The number of benzene rings is 1. The molecule has 0 saturated carbocycles. The molecule has 4 heteroatoms. The molecule has 0 aromatic heterocycles. The molecule has 0 unspecified atom stereocenters. The molecule has 0 heterocycles. The summed E-state index contributed by atoms with van der Waals surface area (Å²) in [4.78, 5) is 23.1. The summed E-state index contributed by atoms with van der Waals surface area (Å²) in [7, 11) is 0. The first-order valence-electron chi connectivity index (χ1n) is 8.63. The van der Waals surface area contributed by atoms with E-state index < -0.39 is 0 Å². The molecule has 0 N–H and O–H groups in total. The Labute approximate surface area is 139 Å². The van der Waals surface area contributed by atoms with Gasteiger partial charge in [-0.2, -0.15) is 0 Å². The second-order valence-corrected chi connectivity index (χ2v) is 5.63. The number of unbranched alkanes of at least 4 members (excludes halogenated alkanes) is 5. The van der Waals surface area contributed by atoms with Crippen LogP contribution in [0.15, 0.2) is 30.3 Å². The van der Waals surface area contributed by atoms with Gasteiger partial charge in [0.2, 0.25) is 0 Å². The molecule has 0 saturated heterocycles. The van der Waals surface area contributed by atoms with E-state index >= 15 is 0 Å². The number of ether oxygens (including phenoxy) is 2. The summed E-state index contributed by atoms with van der Waals surface area (Å²) in [6, 6.07) is 9.00. The molecule has 0 amide bonds. The summed E-state index contributed by atoms with van der Waals surface area (Å²) in [6.07, 6.45) is 7.70. The topological polar surface area (TPSA) is 52.6 Å². The van der Waals surface area contributed by atoms with Crippen molar-refractivity contribution in [2.45, 2.75) is 64.7 Å². The molecule has 0 radical (unpaired) electrons. The molecule has 0 aliphatic rings. The van der Waals surface area contributed by atoms with Crippen LogP contribution < -0.4 is 4.74 Å². The smallest absolute Gasteiger partial charge is 0.311 e. The lowest BCUT2D eigenvalue weighted by Crippen LogP contribution is -2.09. The average molecular weight is 320 g/mol. The van der Waals surface area contributed by atoms with Crippen molar-refractivity contribution in [3.63, 3.8) is 0 Å². The Hall–Kier alpha value is -1.84. The molecule has 1 aromatic carbocycles. The van der Waals surface area contributed by atoms with Crippen LogP contribution in [0.25, 0.3) is 0 Å². The number of hydrogen-bond donors (Lipinski definition) is 0. The largest absolute Gasteiger partial charge is 0.466 e. The summed E-state index contributed by atoms with van der Waals surface area (Å²) >= 11 is 0. The Morgan fingerprint density at radius 1 is 0.826 bits per heavy atom. The van der Waals surface area contributed by atoms with Gasteiger partial charge in [-0.15, -0.1) is 0 Å². The van der Waals surface area contributed by atoms with Gasteiger partial charge in [-0.1, -0.05) is 50.8 Å². The van der Waals surface area contributed by atoms with Gasteiger partial charge < -0.3 is 9.47 Å². The lowest BCUT2D eigenvalue weighted by atomic mass is 10.2. The number of para-hydroxylation sites is 1. The molecular formula is C19H28O4. The van der Waals surface area contributed by atoms with E-state index in [9.17, 15) is 9.59 Å². The fourth-order valence-corrected chi connectivity index (χ4v) is 2.17. The van der Waals surface area contributed by atoms with Crippen molar-refractivity contribution < 1.29 is 19.1 Å². The van der Waals surface area contributed by atoms with Crippen LogP contribution in [0.3, 0.4) is 0 Å². The van der Waals surface area contributed by atoms with Gasteiger partial charge in [0.15, 0.2) is 0 Å². The third kappa shape index (κ3) is 10.5. The monoisotopic (exact) mass is 320 g/mol. The Bertz CT molecular complexity index is 442. The zero-order valence-electron chi connectivity index (χ0n) is 14.1. The van der Waals surface area contributed by atoms with E-state index in [0.29, 0.717) is 38.0 Å². The maximum absolute atomic E-state index is 11.6. The van der Waals surface area contributed by atoms with E-state index in [-0.39, 0.29) is 11.9 Å². The third-order valence-corrected chi connectivity index (χ3v) is 3.50. The van der Waals surface area contributed by atoms with Crippen molar-refractivity contribution in [3.05, 3.63) is 30.3 Å². The van der Waals surface area contributed by atoms with E-state index in [2.05, 4.69) is 6.92 Å². The first-order chi connectivity index (χ1) is 11.2. The fraction of sp³-hybridized carbons (Fsp3) is 0.579. The van der Waals surface area contributed by atoms with Gasteiger partial charge >= 0.3 is 11.9 Å². The average Bonchev–Trinajstić information content (AvgIpc) is 2.56. The van der Waals surface area contributed by atoms with Crippen molar-refractivity contribution >= 4 is 11.9 Å². The molecule has 128 valence electrons. The number of esters is 2. The van der Waals surface area contributed by atoms with E-state index in [1.165, 1.54) is 19.3 Å². The minimum Gasteiger partial charge on any atom is -0.466 e. The van der Waals surface area contributed by atoms with Crippen LogP contribution in [0, 0.1) is 0 Å². The Morgan fingerprint density at radius 3 is 2.17 bits per heavy atom. The number of rotatable bonds is 12. The van der Waals surface area contributed by atoms with E-state index in [0.717, 1.165) is 12.8 Å². The van der Waals surface area contributed by atoms with Crippen LogP contribution in [-0.4, -0.2) is 18.5 Å². The van der Waals surface area contributed by atoms with Gasteiger partial charge in [0.1, 0.15) is 5.75 Å². The molecule has 4 nitrogen and oxygen atoms in total. The highest BCUT2D eigenvalue weighted by Crippen LogP contribution is 2.11. The molecule has 0 fully saturated rings. The standard InChI is InChI=1S/C19H28O4/c1-2-3-4-5-11-16-22-18(20)14-9-10-15-19(21)23-17-12-7-6-8-13-17/h6-8,12-13H,2-5,9-11,14-16H2,1H3. The van der Waals surface area contributed by atoms with Gasteiger partial charge in [-0.05, 0) is 31.4 Å². The van der Waals surface area contributed by atoms with Crippen LogP contribution in [0.4, 0.5) is 0 Å². The normalized spacial score (nSPS) is 10.3. The minimum atomic E-state index is -0.263. The van der Waals surface area contributed by atoms with E-state index in [1.807, 2.05) is 18.2 Å². The van der Waals surface area contributed by atoms with Crippen LogP contribution in [-0.2, 0) is 14.3 Å². The maximum atomic E-state index is 11.6. The molecule has 0 aliphatic carbocycles. The summed E-state index contributed by atoms with van der Waals surface area (Å²) in [6.45, 7) is 2.69. The highest BCUT2D eigenvalue weighted by molar-refractivity contribution is 5.72. The van der Waals surface area contributed by atoms with Crippen molar-refractivity contribution in [1.29, 1.82) is 0 Å². The minimum absolute atomic E-state index is 0.170. The second-order valence-electron chi connectivity index (χ2n) is 5.63. The van der Waals surface area contributed by atoms with Crippen molar-refractivity contribution in [1.82, 2.24) is 0 Å². The molecule has 0 atom stereocenters. The highest BCUT2D eigenvalue weighted by Gasteiger charge is 2.07. The lowest BCUT2D eigenvalue weighted by Gasteiger charge is -2.05.